The highest BCUT2D eigenvalue weighted by atomic mass is 16.5. The molecule has 1 fully saturated rings. The fourth-order valence-electron chi connectivity index (χ4n) is 2.95. The summed E-state index contributed by atoms with van der Waals surface area (Å²) in [5.41, 5.74) is 2.14. The zero-order chi connectivity index (χ0) is 16.4. The summed E-state index contributed by atoms with van der Waals surface area (Å²) in [5.74, 6) is 1.35. The normalized spacial score (nSPS) is 15.7. The first-order chi connectivity index (χ1) is 11.8. The first-order valence-corrected chi connectivity index (χ1v) is 8.12. The van der Waals surface area contributed by atoms with Gasteiger partial charge in [0.25, 0.3) is 0 Å². The number of ether oxygens (including phenoxy) is 2. The van der Waals surface area contributed by atoms with E-state index >= 15 is 0 Å². The van der Waals surface area contributed by atoms with E-state index in [1.165, 1.54) is 5.52 Å². The van der Waals surface area contributed by atoms with Gasteiger partial charge in [-0.2, -0.15) is 0 Å². The number of aryl methyl sites for hydroxylation is 1. The summed E-state index contributed by atoms with van der Waals surface area (Å²) in [6, 6.07) is 10.0. The fourth-order valence-corrected chi connectivity index (χ4v) is 2.95. The summed E-state index contributed by atoms with van der Waals surface area (Å²) in [4.78, 5) is 10.9. The van der Waals surface area contributed by atoms with E-state index in [-0.39, 0.29) is 0 Å². The molecule has 1 aliphatic heterocycles. The van der Waals surface area contributed by atoms with Gasteiger partial charge in [-0.3, -0.25) is 4.90 Å². The van der Waals surface area contributed by atoms with Crippen LogP contribution in [-0.4, -0.2) is 45.7 Å². The third kappa shape index (κ3) is 3.25. The maximum absolute atomic E-state index is 5.92. The number of aromatic nitrogens is 3. The minimum absolute atomic E-state index is 0.573. The van der Waals surface area contributed by atoms with Gasteiger partial charge < -0.3 is 14.0 Å². The van der Waals surface area contributed by atoms with Gasteiger partial charge in [-0.25, -0.2) is 9.97 Å². The van der Waals surface area contributed by atoms with E-state index < -0.39 is 0 Å². The molecule has 6 nitrogen and oxygen atoms in total. The van der Waals surface area contributed by atoms with Crippen molar-refractivity contribution in [2.75, 3.05) is 26.3 Å². The summed E-state index contributed by atoms with van der Waals surface area (Å²) >= 11 is 0. The second-order valence-corrected chi connectivity index (χ2v) is 5.99. The third-order valence-electron chi connectivity index (χ3n) is 4.27. The number of hydrogen-bond acceptors (Lipinski definition) is 5. The van der Waals surface area contributed by atoms with Gasteiger partial charge in [0.05, 0.1) is 18.9 Å². The SMILES string of the molecule is Cn1ccc2cc(Oc3cc(CN4CCOCC4)ncn3)ccc21. The lowest BCUT2D eigenvalue weighted by Crippen LogP contribution is -2.35. The number of rotatable bonds is 4. The summed E-state index contributed by atoms with van der Waals surface area (Å²) in [7, 11) is 2.03. The molecule has 0 radical (unpaired) electrons. The van der Waals surface area contributed by atoms with Gasteiger partial charge in [0, 0.05) is 49.8 Å². The summed E-state index contributed by atoms with van der Waals surface area (Å²) in [5, 5.41) is 1.15. The lowest BCUT2D eigenvalue weighted by molar-refractivity contribution is 0.0336. The minimum Gasteiger partial charge on any atom is -0.439 e. The molecular formula is C18H20N4O2. The van der Waals surface area contributed by atoms with Crippen LogP contribution in [-0.2, 0) is 18.3 Å². The van der Waals surface area contributed by atoms with Crippen LogP contribution in [0.15, 0.2) is 42.9 Å². The van der Waals surface area contributed by atoms with Gasteiger partial charge in [0.2, 0.25) is 5.88 Å². The van der Waals surface area contributed by atoms with Crippen LogP contribution in [0.1, 0.15) is 5.69 Å². The van der Waals surface area contributed by atoms with Crippen molar-refractivity contribution in [3.63, 3.8) is 0 Å². The van der Waals surface area contributed by atoms with E-state index in [0.717, 1.165) is 49.7 Å². The maximum Gasteiger partial charge on any atom is 0.222 e. The summed E-state index contributed by atoms with van der Waals surface area (Å²) in [6.07, 6.45) is 3.60. The van der Waals surface area contributed by atoms with E-state index in [1.807, 2.05) is 31.4 Å². The van der Waals surface area contributed by atoms with Crippen LogP contribution in [0.3, 0.4) is 0 Å². The van der Waals surface area contributed by atoms with Gasteiger partial charge in [0.15, 0.2) is 0 Å². The molecule has 24 heavy (non-hydrogen) atoms. The molecule has 0 N–H and O–H groups in total. The molecule has 3 heterocycles. The monoisotopic (exact) mass is 324 g/mol. The highest BCUT2D eigenvalue weighted by Gasteiger charge is 2.12. The Kier molecular flexibility index (Phi) is 4.15. The van der Waals surface area contributed by atoms with Gasteiger partial charge in [-0.05, 0) is 24.3 Å². The molecule has 0 spiro atoms. The van der Waals surface area contributed by atoms with Gasteiger partial charge >= 0.3 is 0 Å². The third-order valence-corrected chi connectivity index (χ3v) is 4.27. The number of nitrogens with zero attached hydrogens (tertiary/aromatic N) is 4. The molecule has 4 rings (SSSR count). The zero-order valence-electron chi connectivity index (χ0n) is 13.7. The lowest BCUT2D eigenvalue weighted by Gasteiger charge is -2.26. The Bertz CT molecular complexity index is 840. The van der Waals surface area contributed by atoms with Gasteiger partial charge in [-0.1, -0.05) is 0 Å². The Labute approximate surface area is 140 Å². The first kappa shape index (κ1) is 15.1. The molecule has 0 saturated carbocycles. The maximum atomic E-state index is 5.92. The van der Waals surface area contributed by atoms with Crippen LogP contribution in [0.4, 0.5) is 0 Å². The van der Waals surface area contributed by atoms with E-state index in [4.69, 9.17) is 9.47 Å². The zero-order valence-corrected chi connectivity index (χ0v) is 13.7. The van der Waals surface area contributed by atoms with Crippen molar-refractivity contribution in [1.82, 2.24) is 19.4 Å². The molecule has 0 amide bonds. The molecule has 6 heteroatoms. The van der Waals surface area contributed by atoms with E-state index in [2.05, 4.69) is 31.6 Å². The summed E-state index contributed by atoms with van der Waals surface area (Å²) < 4.78 is 13.4. The van der Waals surface area contributed by atoms with Crippen molar-refractivity contribution in [2.24, 2.45) is 7.05 Å². The quantitative estimate of drug-likeness (QED) is 0.738. The fraction of sp³-hybridized carbons (Fsp3) is 0.333. The molecule has 124 valence electrons. The smallest absolute Gasteiger partial charge is 0.222 e. The Morgan fingerprint density at radius 1 is 1.12 bits per heavy atom. The van der Waals surface area contributed by atoms with Crippen molar-refractivity contribution in [2.45, 2.75) is 6.54 Å². The molecule has 1 aromatic carbocycles. The van der Waals surface area contributed by atoms with Crippen LogP contribution in [0.2, 0.25) is 0 Å². The highest BCUT2D eigenvalue weighted by molar-refractivity contribution is 5.81. The lowest BCUT2D eigenvalue weighted by atomic mass is 10.2. The van der Waals surface area contributed by atoms with Crippen molar-refractivity contribution < 1.29 is 9.47 Å². The predicted molar refractivity (Wildman–Crippen MR) is 91.1 cm³/mol. The topological polar surface area (TPSA) is 52.4 Å². The Morgan fingerprint density at radius 3 is 2.88 bits per heavy atom. The summed E-state index contributed by atoms with van der Waals surface area (Å²) in [6.45, 7) is 4.23. The largest absolute Gasteiger partial charge is 0.439 e. The second kappa shape index (κ2) is 6.59. The Balaban J connectivity index is 1.49. The van der Waals surface area contributed by atoms with Crippen molar-refractivity contribution in [3.05, 3.63) is 48.5 Å². The number of benzene rings is 1. The number of fused-ring (bicyclic) bond motifs is 1. The average molecular weight is 324 g/mol. The minimum atomic E-state index is 0.573. The second-order valence-electron chi connectivity index (χ2n) is 5.99. The van der Waals surface area contributed by atoms with E-state index in [9.17, 15) is 0 Å². The van der Waals surface area contributed by atoms with Crippen LogP contribution < -0.4 is 4.74 Å². The predicted octanol–water partition coefficient (Wildman–Crippen LogP) is 2.59. The number of hydrogen-bond donors (Lipinski definition) is 0. The molecule has 0 aliphatic carbocycles. The standard InChI is InChI=1S/C18H20N4O2/c1-21-5-4-14-10-16(2-3-17(14)21)24-18-11-15(19-13-20-18)12-22-6-8-23-9-7-22/h2-5,10-11,13H,6-9,12H2,1H3. The van der Waals surface area contributed by atoms with Crippen molar-refractivity contribution in [1.29, 1.82) is 0 Å². The van der Waals surface area contributed by atoms with E-state index in [0.29, 0.717) is 5.88 Å². The van der Waals surface area contributed by atoms with Crippen LogP contribution in [0.25, 0.3) is 10.9 Å². The van der Waals surface area contributed by atoms with Crippen LogP contribution >= 0.6 is 0 Å². The van der Waals surface area contributed by atoms with Crippen molar-refractivity contribution in [3.8, 4) is 11.6 Å². The molecular weight excluding hydrogens is 304 g/mol. The number of morpholine rings is 1. The molecule has 1 aliphatic rings. The van der Waals surface area contributed by atoms with E-state index in [1.54, 1.807) is 6.33 Å². The van der Waals surface area contributed by atoms with Crippen LogP contribution in [0, 0.1) is 0 Å². The molecule has 0 unspecified atom stereocenters. The van der Waals surface area contributed by atoms with Gasteiger partial charge in [0.1, 0.15) is 12.1 Å². The first-order valence-electron chi connectivity index (χ1n) is 8.12. The Hall–Kier alpha value is -2.44. The van der Waals surface area contributed by atoms with Crippen LogP contribution in [0.5, 0.6) is 11.6 Å². The van der Waals surface area contributed by atoms with Crippen molar-refractivity contribution >= 4 is 10.9 Å². The molecule has 0 atom stereocenters. The molecule has 3 aromatic rings. The molecule has 2 aromatic heterocycles. The highest BCUT2D eigenvalue weighted by Crippen LogP contribution is 2.25. The Morgan fingerprint density at radius 2 is 2.00 bits per heavy atom. The van der Waals surface area contributed by atoms with Gasteiger partial charge in [-0.15, -0.1) is 0 Å². The molecule has 1 saturated heterocycles. The average Bonchev–Trinajstić information content (AvgIpc) is 2.97. The molecule has 0 bridgehead atoms.